The molecule has 2 N–H and O–H groups in total. The fourth-order valence-electron chi connectivity index (χ4n) is 3.25. The van der Waals surface area contributed by atoms with Crippen molar-refractivity contribution < 1.29 is 23.4 Å². The Balaban J connectivity index is 1.68. The Morgan fingerprint density at radius 2 is 1.47 bits per heavy atom. The molecule has 0 saturated carbocycles. The minimum Gasteiger partial charge on any atom is -0.368 e. The molecule has 0 atom stereocenters. The first-order valence-corrected chi connectivity index (χ1v) is 9.47. The predicted molar refractivity (Wildman–Crippen MR) is 110 cm³/mol. The van der Waals surface area contributed by atoms with E-state index in [1.165, 1.54) is 12.1 Å². The zero-order valence-corrected chi connectivity index (χ0v) is 16.7. The summed E-state index contributed by atoms with van der Waals surface area (Å²) < 4.78 is 39.7. The van der Waals surface area contributed by atoms with Crippen molar-refractivity contribution in [3.05, 3.63) is 87.7 Å². The van der Waals surface area contributed by atoms with Crippen LogP contribution in [0.5, 0.6) is 0 Å². The van der Waals surface area contributed by atoms with E-state index in [1.807, 2.05) is 48.9 Å². The second-order valence-corrected chi connectivity index (χ2v) is 7.19. The van der Waals surface area contributed by atoms with E-state index in [2.05, 4.69) is 5.10 Å². The van der Waals surface area contributed by atoms with Crippen molar-refractivity contribution in [2.24, 2.45) is 0 Å². The van der Waals surface area contributed by atoms with Gasteiger partial charge in [0.2, 0.25) is 0 Å². The van der Waals surface area contributed by atoms with Crippen molar-refractivity contribution in [3.63, 3.8) is 0 Å². The molecule has 0 aliphatic rings. The molecule has 0 bridgehead atoms. The lowest BCUT2D eigenvalue weighted by molar-refractivity contribution is -0.137. The van der Waals surface area contributed by atoms with Crippen LogP contribution in [0.2, 0.25) is 0 Å². The topological polar surface area (TPSA) is 58.3 Å². The van der Waals surface area contributed by atoms with E-state index < -0.39 is 18.0 Å². The maximum absolute atomic E-state index is 12.6. The van der Waals surface area contributed by atoms with Gasteiger partial charge >= 0.3 is 6.18 Å². The third-order valence-electron chi connectivity index (χ3n) is 4.94. The molecule has 30 heavy (non-hydrogen) atoms. The molecule has 1 heterocycles. The number of aryl methyl sites for hydroxylation is 1. The highest BCUT2D eigenvalue weighted by molar-refractivity contribution is 5.69. The maximum Gasteiger partial charge on any atom is 0.416 e. The summed E-state index contributed by atoms with van der Waals surface area (Å²) in [5.74, 6) is 0. The molecule has 0 spiro atoms. The smallest absolute Gasteiger partial charge is 0.368 e. The van der Waals surface area contributed by atoms with Crippen molar-refractivity contribution >= 4 is 12.2 Å². The summed E-state index contributed by atoms with van der Waals surface area (Å²) in [6, 6.07) is 12.8. The number of aliphatic hydroxyl groups is 2. The van der Waals surface area contributed by atoms with Gasteiger partial charge in [-0.1, -0.05) is 48.6 Å². The van der Waals surface area contributed by atoms with E-state index >= 15 is 0 Å². The number of nitrogens with zero attached hydrogens (tertiary/aromatic N) is 2. The molecule has 4 nitrogen and oxygen atoms in total. The van der Waals surface area contributed by atoms with Crippen LogP contribution in [0.1, 0.15) is 39.2 Å². The molecule has 0 aliphatic heterocycles. The van der Waals surface area contributed by atoms with Crippen LogP contribution >= 0.6 is 0 Å². The summed E-state index contributed by atoms with van der Waals surface area (Å²) in [6.45, 7) is 4.30. The standard InChI is InChI=1S/C23H23F3N2O2/c1-15-21(13-22(29)30)16(2)28(27-15)14-19-7-5-17(6-8-19)3-4-18-9-11-20(12-10-18)23(24,25)26/h3-12,22,29-30H,13-14H2,1-2H3. The fraction of sp³-hybridized carbons (Fsp3) is 0.261. The van der Waals surface area contributed by atoms with Crippen molar-refractivity contribution in [1.82, 2.24) is 9.78 Å². The van der Waals surface area contributed by atoms with E-state index in [1.54, 1.807) is 6.08 Å². The average Bonchev–Trinajstić information content (AvgIpc) is 2.94. The predicted octanol–water partition coefficient (Wildman–Crippen LogP) is 4.59. The SMILES string of the molecule is Cc1nn(Cc2ccc(C=Cc3ccc(C(F)(F)F)cc3)cc2)c(C)c1CC(O)O. The minimum absolute atomic E-state index is 0.144. The Bertz CT molecular complexity index is 1020. The van der Waals surface area contributed by atoms with E-state index in [9.17, 15) is 23.4 Å². The largest absolute Gasteiger partial charge is 0.416 e. The average molecular weight is 416 g/mol. The van der Waals surface area contributed by atoms with Crippen molar-refractivity contribution in [2.75, 3.05) is 0 Å². The monoisotopic (exact) mass is 416 g/mol. The zero-order valence-electron chi connectivity index (χ0n) is 16.7. The van der Waals surface area contributed by atoms with Gasteiger partial charge in [-0.15, -0.1) is 0 Å². The van der Waals surface area contributed by atoms with Crippen molar-refractivity contribution in [3.8, 4) is 0 Å². The second kappa shape index (κ2) is 8.85. The first kappa shape index (κ1) is 21.8. The molecule has 0 amide bonds. The number of aromatic nitrogens is 2. The van der Waals surface area contributed by atoms with Crippen molar-refractivity contribution in [2.45, 2.75) is 39.3 Å². The van der Waals surface area contributed by atoms with Gasteiger partial charge in [-0.25, -0.2) is 0 Å². The molecule has 2 aromatic carbocycles. The van der Waals surface area contributed by atoms with Crippen LogP contribution in [0.15, 0.2) is 48.5 Å². The van der Waals surface area contributed by atoms with Gasteiger partial charge in [0.1, 0.15) is 0 Å². The van der Waals surface area contributed by atoms with E-state index in [0.717, 1.165) is 40.2 Å². The number of hydrogen-bond acceptors (Lipinski definition) is 3. The molecule has 0 fully saturated rings. The van der Waals surface area contributed by atoms with Crippen LogP contribution in [0.25, 0.3) is 12.2 Å². The number of halogens is 3. The quantitative estimate of drug-likeness (QED) is 0.456. The van der Waals surface area contributed by atoms with Crippen LogP contribution in [0.4, 0.5) is 13.2 Å². The first-order chi connectivity index (χ1) is 14.1. The summed E-state index contributed by atoms with van der Waals surface area (Å²) in [6.07, 6.45) is -1.98. The van der Waals surface area contributed by atoms with Crippen LogP contribution in [-0.4, -0.2) is 26.3 Å². The molecule has 0 radical (unpaired) electrons. The molecule has 0 aliphatic carbocycles. The van der Waals surface area contributed by atoms with Gasteiger partial charge in [-0.3, -0.25) is 4.68 Å². The molecule has 0 saturated heterocycles. The molecule has 1 aromatic heterocycles. The number of alkyl halides is 3. The minimum atomic E-state index is -4.33. The Labute approximate surface area is 172 Å². The summed E-state index contributed by atoms with van der Waals surface area (Å²) >= 11 is 0. The van der Waals surface area contributed by atoms with Crippen molar-refractivity contribution in [1.29, 1.82) is 0 Å². The Kier molecular flexibility index (Phi) is 6.43. The highest BCUT2D eigenvalue weighted by atomic mass is 19.4. The normalized spacial score (nSPS) is 12.3. The first-order valence-electron chi connectivity index (χ1n) is 9.47. The Hall–Kier alpha value is -2.90. The number of benzene rings is 2. The third kappa shape index (κ3) is 5.37. The van der Waals surface area contributed by atoms with Crippen LogP contribution < -0.4 is 0 Å². The molecular weight excluding hydrogens is 393 g/mol. The van der Waals surface area contributed by atoms with E-state index in [4.69, 9.17) is 0 Å². The van der Waals surface area contributed by atoms with Gasteiger partial charge in [-0.05, 0) is 42.7 Å². The van der Waals surface area contributed by atoms with Gasteiger partial charge in [0.25, 0.3) is 0 Å². The molecular formula is C23H23F3N2O2. The summed E-state index contributed by atoms with van der Waals surface area (Å²) in [4.78, 5) is 0. The lowest BCUT2D eigenvalue weighted by atomic mass is 10.1. The molecule has 7 heteroatoms. The summed E-state index contributed by atoms with van der Waals surface area (Å²) in [7, 11) is 0. The Morgan fingerprint density at radius 1 is 0.933 bits per heavy atom. The van der Waals surface area contributed by atoms with Gasteiger partial charge in [0.05, 0.1) is 17.8 Å². The van der Waals surface area contributed by atoms with Gasteiger partial charge in [0.15, 0.2) is 6.29 Å². The lowest BCUT2D eigenvalue weighted by Crippen LogP contribution is -2.10. The second-order valence-electron chi connectivity index (χ2n) is 7.19. The van der Waals surface area contributed by atoms with Gasteiger partial charge in [-0.2, -0.15) is 18.3 Å². The maximum atomic E-state index is 12.6. The number of aliphatic hydroxyl groups excluding tert-OH is 1. The van der Waals surface area contributed by atoms with Crippen LogP contribution in [-0.2, 0) is 19.1 Å². The highest BCUT2D eigenvalue weighted by Crippen LogP contribution is 2.29. The number of rotatable bonds is 6. The van der Waals surface area contributed by atoms with Gasteiger partial charge in [0, 0.05) is 17.7 Å². The summed E-state index contributed by atoms with van der Waals surface area (Å²) in [5.41, 5.74) is 4.49. The van der Waals surface area contributed by atoms with Crippen LogP contribution in [0, 0.1) is 13.8 Å². The highest BCUT2D eigenvalue weighted by Gasteiger charge is 2.29. The zero-order chi connectivity index (χ0) is 21.9. The molecule has 158 valence electrons. The fourth-order valence-corrected chi connectivity index (χ4v) is 3.25. The third-order valence-corrected chi connectivity index (χ3v) is 4.94. The van der Waals surface area contributed by atoms with E-state index in [0.29, 0.717) is 12.1 Å². The summed E-state index contributed by atoms with van der Waals surface area (Å²) in [5, 5.41) is 22.9. The lowest BCUT2D eigenvalue weighted by Gasteiger charge is -2.07. The van der Waals surface area contributed by atoms with E-state index in [-0.39, 0.29) is 6.42 Å². The van der Waals surface area contributed by atoms with Crippen LogP contribution in [0.3, 0.4) is 0 Å². The molecule has 3 rings (SSSR count). The Morgan fingerprint density at radius 3 is 1.97 bits per heavy atom. The molecule has 3 aromatic rings. The molecule has 0 unspecified atom stereocenters. The number of hydrogen-bond donors (Lipinski definition) is 2. The van der Waals surface area contributed by atoms with Gasteiger partial charge < -0.3 is 10.2 Å².